The lowest BCUT2D eigenvalue weighted by Crippen LogP contribution is -2.49. The molecule has 0 aromatic heterocycles. The monoisotopic (exact) mass is 376 g/mol. The first-order chi connectivity index (χ1) is 12.0. The molecule has 4 rings (SSSR count). The van der Waals surface area contributed by atoms with Crippen LogP contribution < -0.4 is 9.80 Å². The Morgan fingerprint density at radius 1 is 1.24 bits per heavy atom. The Balaban J connectivity index is 1.94. The Kier molecular flexibility index (Phi) is 3.77. The summed E-state index contributed by atoms with van der Waals surface area (Å²) in [5, 5.41) is -0.0802. The van der Waals surface area contributed by atoms with Gasteiger partial charge in [-0.1, -0.05) is 29.8 Å². The van der Waals surface area contributed by atoms with Crippen LogP contribution in [0, 0.1) is 5.82 Å². The number of benzene rings is 2. The van der Waals surface area contributed by atoms with Crippen molar-refractivity contribution < 1.29 is 14.0 Å². The molecule has 2 aromatic carbocycles. The van der Waals surface area contributed by atoms with Crippen molar-refractivity contribution in [3.63, 3.8) is 0 Å². The third-order valence-electron chi connectivity index (χ3n) is 4.54. The quantitative estimate of drug-likeness (QED) is 0.801. The van der Waals surface area contributed by atoms with Gasteiger partial charge in [-0.15, -0.1) is 11.8 Å². The molecule has 25 heavy (non-hydrogen) atoms. The molecule has 2 heterocycles. The topological polar surface area (TPSA) is 40.6 Å². The van der Waals surface area contributed by atoms with Gasteiger partial charge in [0.2, 0.25) is 10.8 Å². The maximum Gasteiger partial charge on any atom is 0.268 e. The van der Waals surface area contributed by atoms with Gasteiger partial charge in [-0.2, -0.15) is 0 Å². The van der Waals surface area contributed by atoms with E-state index in [4.69, 9.17) is 11.6 Å². The number of hydrogen-bond donors (Lipinski definition) is 0. The number of carbonyl (C=O) groups is 2. The van der Waals surface area contributed by atoms with E-state index in [-0.39, 0.29) is 22.6 Å². The highest BCUT2D eigenvalue weighted by molar-refractivity contribution is 8.02. The smallest absolute Gasteiger partial charge is 0.268 e. The number of hydrogen-bond acceptors (Lipinski definition) is 3. The second-order valence-electron chi connectivity index (χ2n) is 5.83. The molecule has 0 radical (unpaired) electrons. The van der Waals surface area contributed by atoms with Gasteiger partial charge in [-0.3, -0.25) is 14.5 Å². The van der Waals surface area contributed by atoms with E-state index in [1.165, 1.54) is 34.9 Å². The molecule has 2 aliphatic heterocycles. The van der Waals surface area contributed by atoms with Crippen molar-refractivity contribution in [2.75, 3.05) is 22.1 Å². The van der Waals surface area contributed by atoms with Gasteiger partial charge >= 0.3 is 0 Å². The Hall–Kier alpha value is -2.05. The SMILES string of the molecule is CCN1C(=O)[C@@]2(SCC(=O)N2c2ccc(F)c(Cl)c2)c2ccccc21. The van der Waals surface area contributed by atoms with Crippen molar-refractivity contribution >= 4 is 46.6 Å². The lowest BCUT2D eigenvalue weighted by Gasteiger charge is -2.33. The van der Waals surface area contributed by atoms with Crippen LogP contribution in [0.2, 0.25) is 5.02 Å². The second kappa shape index (κ2) is 5.75. The summed E-state index contributed by atoms with van der Waals surface area (Å²) in [4.78, 5) is 28.0. The Morgan fingerprint density at radius 3 is 2.72 bits per heavy atom. The number of amides is 2. The highest BCUT2D eigenvalue weighted by Gasteiger charge is 2.60. The van der Waals surface area contributed by atoms with E-state index in [2.05, 4.69) is 0 Å². The first kappa shape index (κ1) is 16.4. The molecule has 1 saturated heterocycles. The molecule has 1 atom stereocenters. The summed E-state index contributed by atoms with van der Waals surface area (Å²) in [5.74, 6) is -0.750. The molecular formula is C18H14ClFN2O2S. The molecular weight excluding hydrogens is 363 g/mol. The van der Waals surface area contributed by atoms with Crippen molar-refractivity contribution in [3.05, 3.63) is 58.9 Å². The summed E-state index contributed by atoms with van der Waals surface area (Å²) in [7, 11) is 0. The second-order valence-corrected chi connectivity index (χ2v) is 7.40. The van der Waals surface area contributed by atoms with Crippen LogP contribution in [0.3, 0.4) is 0 Å². The highest BCUT2D eigenvalue weighted by Crippen LogP contribution is 2.55. The van der Waals surface area contributed by atoms with Gasteiger partial charge in [0.15, 0.2) is 0 Å². The normalized spacial score (nSPS) is 22.2. The summed E-state index contributed by atoms with van der Waals surface area (Å²) in [6, 6.07) is 11.6. The summed E-state index contributed by atoms with van der Waals surface area (Å²) >= 11 is 7.20. The minimum atomic E-state index is -1.16. The van der Waals surface area contributed by atoms with Crippen LogP contribution in [-0.2, 0) is 14.5 Å². The van der Waals surface area contributed by atoms with Gasteiger partial charge in [-0.25, -0.2) is 4.39 Å². The van der Waals surface area contributed by atoms with Gasteiger partial charge < -0.3 is 4.90 Å². The first-order valence-electron chi connectivity index (χ1n) is 7.84. The number of carbonyl (C=O) groups excluding carboxylic acids is 2. The fourth-order valence-electron chi connectivity index (χ4n) is 3.49. The predicted molar refractivity (Wildman–Crippen MR) is 97.5 cm³/mol. The maximum absolute atomic E-state index is 13.6. The van der Waals surface area contributed by atoms with Crippen molar-refractivity contribution in [2.45, 2.75) is 11.8 Å². The van der Waals surface area contributed by atoms with Crippen molar-refractivity contribution in [1.82, 2.24) is 0 Å². The molecule has 2 aromatic rings. The van der Waals surface area contributed by atoms with Crippen LogP contribution in [0.15, 0.2) is 42.5 Å². The predicted octanol–water partition coefficient (Wildman–Crippen LogP) is 3.78. The van der Waals surface area contributed by atoms with Crippen molar-refractivity contribution in [3.8, 4) is 0 Å². The third-order valence-corrected chi connectivity index (χ3v) is 6.22. The molecule has 1 spiro atoms. The Bertz CT molecular complexity index is 906. The van der Waals surface area contributed by atoms with E-state index in [0.717, 1.165) is 11.3 Å². The van der Waals surface area contributed by atoms with E-state index in [0.29, 0.717) is 12.2 Å². The Morgan fingerprint density at radius 2 is 2.00 bits per heavy atom. The largest absolute Gasteiger partial charge is 0.309 e. The molecule has 0 saturated carbocycles. The van der Waals surface area contributed by atoms with Crippen LogP contribution in [0.4, 0.5) is 15.8 Å². The van der Waals surface area contributed by atoms with E-state index < -0.39 is 10.7 Å². The van der Waals surface area contributed by atoms with E-state index in [1.807, 2.05) is 31.2 Å². The number of thioether (sulfide) groups is 1. The number of fused-ring (bicyclic) bond motifs is 2. The lowest BCUT2D eigenvalue weighted by molar-refractivity contribution is -0.123. The molecule has 2 amide bonds. The van der Waals surface area contributed by atoms with Gasteiger partial charge in [0.1, 0.15) is 5.82 Å². The molecule has 4 nitrogen and oxygen atoms in total. The summed E-state index contributed by atoms with van der Waals surface area (Å²) in [6.07, 6.45) is 0. The zero-order valence-corrected chi connectivity index (χ0v) is 14.9. The minimum absolute atomic E-state index is 0.0802. The third kappa shape index (κ3) is 2.14. The zero-order chi connectivity index (χ0) is 17.8. The molecule has 0 N–H and O–H groups in total. The molecule has 0 unspecified atom stereocenters. The number of para-hydroxylation sites is 1. The fraction of sp³-hybridized carbons (Fsp3) is 0.222. The minimum Gasteiger partial charge on any atom is -0.309 e. The van der Waals surface area contributed by atoms with Gasteiger partial charge in [0, 0.05) is 17.8 Å². The maximum atomic E-state index is 13.6. The first-order valence-corrected chi connectivity index (χ1v) is 9.20. The number of nitrogens with zero attached hydrogens (tertiary/aromatic N) is 2. The summed E-state index contributed by atoms with van der Waals surface area (Å²) in [6.45, 7) is 2.40. The number of anilines is 2. The van der Waals surface area contributed by atoms with Crippen molar-refractivity contribution in [2.24, 2.45) is 0 Å². The Labute approximate surface area is 153 Å². The zero-order valence-electron chi connectivity index (χ0n) is 13.3. The molecule has 0 bridgehead atoms. The molecule has 0 aliphatic carbocycles. The standard InChI is InChI=1S/C18H14ClFN2O2S/c1-2-21-15-6-4-3-5-12(15)18(17(21)24)22(16(23)10-25-18)11-7-8-14(20)13(19)9-11/h3-9H,2,10H2,1H3/t18-/m0/s1. The van der Waals surface area contributed by atoms with Crippen LogP contribution in [0.25, 0.3) is 0 Å². The lowest BCUT2D eigenvalue weighted by atomic mass is 10.0. The van der Waals surface area contributed by atoms with Gasteiger partial charge in [-0.05, 0) is 31.2 Å². The molecule has 2 aliphatic rings. The van der Waals surface area contributed by atoms with E-state index in [1.54, 1.807) is 4.90 Å². The van der Waals surface area contributed by atoms with Crippen LogP contribution in [0.1, 0.15) is 12.5 Å². The van der Waals surface area contributed by atoms with E-state index in [9.17, 15) is 14.0 Å². The molecule has 1 fully saturated rings. The summed E-state index contributed by atoms with van der Waals surface area (Å²) < 4.78 is 13.6. The number of likely N-dealkylation sites (N-methyl/N-ethyl adjacent to an activating group) is 1. The average molecular weight is 377 g/mol. The fourth-order valence-corrected chi connectivity index (χ4v) is 5.03. The number of halogens is 2. The summed E-state index contributed by atoms with van der Waals surface area (Å²) in [5.41, 5.74) is 2.00. The van der Waals surface area contributed by atoms with Crippen LogP contribution >= 0.6 is 23.4 Å². The van der Waals surface area contributed by atoms with Crippen molar-refractivity contribution in [1.29, 1.82) is 0 Å². The van der Waals surface area contributed by atoms with Crippen LogP contribution in [-0.4, -0.2) is 24.1 Å². The van der Waals surface area contributed by atoms with E-state index >= 15 is 0 Å². The average Bonchev–Trinajstić information content (AvgIpc) is 3.07. The molecule has 128 valence electrons. The van der Waals surface area contributed by atoms with Gasteiger partial charge in [0.05, 0.1) is 16.5 Å². The number of rotatable bonds is 2. The molecule has 7 heteroatoms. The van der Waals surface area contributed by atoms with Gasteiger partial charge in [0.25, 0.3) is 5.91 Å². The highest BCUT2D eigenvalue weighted by atomic mass is 35.5. The van der Waals surface area contributed by atoms with Crippen LogP contribution in [0.5, 0.6) is 0 Å².